The summed E-state index contributed by atoms with van der Waals surface area (Å²) in [5.74, 6) is -0.884. The first-order valence-corrected chi connectivity index (χ1v) is 3.37. The van der Waals surface area contributed by atoms with E-state index >= 15 is 0 Å². The number of carboxylic acids is 1. The third-order valence-corrected chi connectivity index (χ3v) is 1.69. The number of carboxylic acid groups (broad SMARTS) is 1. The van der Waals surface area contributed by atoms with Crippen LogP contribution in [0.3, 0.4) is 0 Å². The molecule has 1 aromatic rings. The van der Waals surface area contributed by atoms with Crippen LogP contribution >= 0.6 is 9.24 Å². The lowest BCUT2D eigenvalue weighted by molar-refractivity contribution is 0.0698. The van der Waals surface area contributed by atoms with Crippen LogP contribution in [-0.4, -0.2) is 11.1 Å². The van der Waals surface area contributed by atoms with Gasteiger partial charge < -0.3 is 5.11 Å². The number of aromatic carboxylic acids is 1. The third-order valence-electron chi connectivity index (χ3n) is 1.19. The fourth-order valence-corrected chi connectivity index (χ4v) is 1.02. The molecule has 0 amide bonds. The van der Waals surface area contributed by atoms with Crippen molar-refractivity contribution in [3.8, 4) is 0 Å². The van der Waals surface area contributed by atoms with Crippen molar-refractivity contribution in [2.75, 3.05) is 0 Å². The number of carbonyl (C=O) groups is 1. The summed E-state index contributed by atoms with van der Waals surface area (Å²) in [5.41, 5.74) is 0.340. The van der Waals surface area contributed by atoms with Crippen LogP contribution in [-0.2, 0) is 0 Å². The average molecular weight is 154 g/mol. The van der Waals surface area contributed by atoms with Crippen molar-refractivity contribution in [2.24, 2.45) is 0 Å². The van der Waals surface area contributed by atoms with E-state index in [1.54, 1.807) is 24.3 Å². The van der Waals surface area contributed by atoms with Crippen molar-refractivity contribution in [2.45, 2.75) is 0 Å². The second kappa shape index (κ2) is 2.80. The molecule has 10 heavy (non-hydrogen) atoms. The van der Waals surface area contributed by atoms with Gasteiger partial charge in [-0.3, -0.25) is 0 Å². The fourth-order valence-electron chi connectivity index (χ4n) is 0.692. The number of hydrogen-bond acceptors (Lipinski definition) is 1. The Morgan fingerprint density at radius 3 is 2.40 bits per heavy atom. The van der Waals surface area contributed by atoms with Crippen LogP contribution in [0.2, 0.25) is 0 Å². The summed E-state index contributed by atoms with van der Waals surface area (Å²) in [6, 6.07) is 6.82. The predicted molar refractivity (Wildman–Crippen MR) is 42.7 cm³/mol. The first kappa shape index (κ1) is 7.23. The molecule has 0 saturated heterocycles. The Bertz CT molecular complexity index is 258. The first-order valence-electron chi connectivity index (χ1n) is 2.79. The highest BCUT2D eigenvalue weighted by molar-refractivity contribution is 7.27. The molecule has 0 spiro atoms. The van der Waals surface area contributed by atoms with E-state index in [1.807, 2.05) is 0 Å². The van der Waals surface area contributed by atoms with Gasteiger partial charge in [0.15, 0.2) is 0 Å². The molecule has 1 N–H and O–H groups in total. The maximum atomic E-state index is 10.4. The van der Waals surface area contributed by atoms with E-state index in [4.69, 9.17) is 5.11 Å². The number of hydrogen-bond donors (Lipinski definition) is 1. The minimum absolute atomic E-state index is 0.340. The first-order chi connectivity index (χ1) is 4.72. The van der Waals surface area contributed by atoms with E-state index < -0.39 is 5.97 Å². The zero-order valence-corrected chi connectivity index (χ0v) is 6.40. The molecule has 1 rings (SSSR count). The molecule has 0 fully saturated rings. The minimum Gasteiger partial charge on any atom is -0.478 e. The molecular weight excluding hydrogens is 147 g/mol. The highest BCUT2D eigenvalue weighted by Gasteiger charge is 2.03. The topological polar surface area (TPSA) is 37.3 Å². The molecule has 0 aliphatic heterocycles. The molecule has 0 heterocycles. The van der Waals surface area contributed by atoms with Gasteiger partial charge in [-0.05, 0) is 11.4 Å². The van der Waals surface area contributed by atoms with Crippen molar-refractivity contribution in [3.05, 3.63) is 29.8 Å². The molecule has 0 aliphatic carbocycles. The van der Waals surface area contributed by atoms with Crippen molar-refractivity contribution < 1.29 is 9.90 Å². The van der Waals surface area contributed by atoms with Gasteiger partial charge in [0.1, 0.15) is 0 Å². The number of benzene rings is 1. The van der Waals surface area contributed by atoms with Crippen LogP contribution < -0.4 is 5.30 Å². The van der Waals surface area contributed by atoms with E-state index in [0.29, 0.717) is 5.56 Å². The largest absolute Gasteiger partial charge is 0.478 e. The molecule has 0 aliphatic rings. The SMILES string of the molecule is O=C(O)c1ccccc1P. The molecule has 3 heteroatoms. The zero-order valence-electron chi connectivity index (χ0n) is 5.24. The van der Waals surface area contributed by atoms with Gasteiger partial charge >= 0.3 is 5.97 Å². The molecule has 1 atom stereocenters. The molecule has 2 nitrogen and oxygen atoms in total. The Hall–Kier alpha value is -0.880. The highest BCUT2D eigenvalue weighted by Crippen LogP contribution is 1.99. The lowest BCUT2D eigenvalue weighted by Gasteiger charge is -1.96. The van der Waals surface area contributed by atoms with Crippen molar-refractivity contribution >= 4 is 20.5 Å². The zero-order chi connectivity index (χ0) is 7.56. The second-order valence-corrected chi connectivity index (χ2v) is 2.51. The van der Waals surface area contributed by atoms with Crippen LogP contribution in [0.5, 0.6) is 0 Å². The monoisotopic (exact) mass is 154 g/mol. The van der Waals surface area contributed by atoms with Gasteiger partial charge in [0.05, 0.1) is 5.56 Å². The van der Waals surface area contributed by atoms with Gasteiger partial charge in [0.25, 0.3) is 0 Å². The van der Waals surface area contributed by atoms with Crippen molar-refractivity contribution in [1.82, 2.24) is 0 Å². The smallest absolute Gasteiger partial charge is 0.336 e. The van der Waals surface area contributed by atoms with E-state index in [0.717, 1.165) is 5.30 Å². The van der Waals surface area contributed by atoms with Crippen LogP contribution in [0.25, 0.3) is 0 Å². The van der Waals surface area contributed by atoms with Gasteiger partial charge in [-0.2, -0.15) is 0 Å². The van der Waals surface area contributed by atoms with Gasteiger partial charge in [-0.25, -0.2) is 4.79 Å². The lowest BCUT2D eigenvalue weighted by atomic mass is 10.2. The summed E-state index contributed by atoms with van der Waals surface area (Å²) in [5, 5.41) is 9.27. The Labute approximate surface area is 61.1 Å². The second-order valence-electron chi connectivity index (χ2n) is 1.89. The van der Waals surface area contributed by atoms with E-state index in [1.165, 1.54) is 0 Å². The quantitative estimate of drug-likeness (QED) is 0.610. The Morgan fingerprint density at radius 2 is 2.00 bits per heavy atom. The molecular formula is C7H7O2P. The van der Waals surface area contributed by atoms with E-state index in [-0.39, 0.29) is 0 Å². The summed E-state index contributed by atoms with van der Waals surface area (Å²) < 4.78 is 0. The molecule has 0 bridgehead atoms. The predicted octanol–water partition coefficient (Wildman–Crippen LogP) is 0.885. The van der Waals surface area contributed by atoms with Crippen LogP contribution in [0.1, 0.15) is 10.4 Å². The minimum atomic E-state index is -0.884. The van der Waals surface area contributed by atoms with Crippen LogP contribution in [0, 0.1) is 0 Å². The lowest BCUT2D eigenvalue weighted by Crippen LogP contribution is -2.07. The Balaban J connectivity index is 3.15. The number of rotatable bonds is 1. The van der Waals surface area contributed by atoms with Gasteiger partial charge in [0.2, 0.25) is 0 Å². The van der Waals surface area contributed by atoms with E-state index in [2.05, 4.69) is 9.24 Å². The molecule has 1 aromatic carbocycles. The van der Waals surface area contributed by atoms with Crippen molar-refractivity contribution in [3.63, 3.8) is 0 Å². The fraction of sp³-hybridized carbons (Fsp3) is 0. The average Bonchev–Trinajstić information content (AvgIpc) is 1.88. The van der Waals surface area contributed by atoms with Gasteiger partial charge in [0, 0.05) is 0 Å². The Kier molecular flexibility index (Phi) is 2.03. The highest BCUT2D eigenvalue weighted by atomic mass is 31.0. The third kappa shape index (κ3) is 1.34. The van der Waals surface area contributed by atoms with E-state index in [9.17, 15) is 4.79 Å². The summed E-state index contributed by atoms with van der Waals surface area (Å²) in [4.78, 5) is 10.4. The summed E-state index contributed by atoms with van der Waals surface area (Å²) >= 11 is 0. The molecule has 0 radical (unpaired) electrons. The normalized spacial score (nSPS) is 9.30. The maximum Gasteiger partial charge on any atom is 0.336 e. The molecule has 0 aromatic heterocycles. The van der Waals surface area contributed by atoms with Crippen LogP contribution in [0.4, 0.5) is 0 Å². The molecule has 1 unspecified atom stereocenters. The molecule has 0 saturated carbocycles. The maximum absolute atomic E-state index is 10.4. The Morgan fingerprint density at radius 1 is 1.40 bits per heavy atom. The summed E-state index contributed by atoms with van der Waals surface area (Å²) in [7, 11) is 2.37. The summed E-state index contributed by atoms with van der Waals surface area (Å²) in [6.07, 6.45) is 0. The van der Waals surface area contributed by atoms with Gasteiger partial charge in [-0.1, -0.05) is 18.2 Å². The standard InChI is InChI=1S/C7H7O2P/c8-7(9)5-3-1-2-4-6(5)10/h1-4H,10H2,(H,8,9). The van der Waals surface area contributed by atoms with Gasteiger partial charge in [-0.15, -0.1) is 9.24 Å². The molecule has 52 valence electrons. The van der Waals surface area contributed by atoms with Crippen molar-refractivity contribution in [1.29, 1.82) is 0 Å². The van der Waals surface area contributed by atoms with Crippen LogP contribution in [0.15, 0.2) is 24.3 Å². The summed E-state index contributed by atoms with van der Waals surface area (Å²) in [6.45, 7) is 0.